The van der Waals surface area contributed by atoms with Crippen molar-refractivity contribution in [1.82, 2.24) is 4.98 Å². The molecule has 1 N–H and O–H groups in total. The van der Waals surface area contributed by atoms with Gasteiger partial charge in [0.15, 0.2) is 6.10 Å². The van der Waals surface area contributed by atoms with Crippen molar-refractivity contribution in [2.45, 2.75) is 40.7 Å². The first kappa shape index (κ1) is 19.1. The fraction of sp³-hybridized carbons (Fsp3) is 0.368. The molecule has 0 unspecified atom stereocenters. The molecule has 5 nitrogen and oxygen atoms in total. The molecule has 0 bridgehead atoms. The van der Waals surface area contributed by atoms with Crippen molar-refractivity contribution < 1.29 is 19.1 Å². The minimum Gasteiger partial charge on any atom is -0.482 e. The lowest BCUT2D eigenvalue weighted by molar-refractivity contribution is 0.0525. The molecule has 25 heavy (non-hydrogen) atoms. The summed E-state index contributed by atoms with van der Waals surface area (Å²) in [6.07, 6.45) is -0.715. The quantitative estimate of drug-likeness (QED) is 0.609. The molecular formula is C19H22ClNO4. The standard InChI is InChI=1S/C19H22ClNO4/c1-6-24-19(23)16-11(3)17(21-12(16)4)18(22)13(5)25-14-7-8-15(20)10(2)9-14/h7-9,13,21H,6H2,1-5H3/t13-/m1/s1. The number of nitrogens with one attached hydrogen (secondary N) is 1. The van der Waals surface area contributed by atoms with Gasteiger partial charge in [-0.1, -0.05) is 11.6 Å². The van der Waals surface area contributed by atoms with Gasteiger partial charge in [0, 0.05) is 10.7 Å². The van der Waals surface area contributed by atoms with Crippen molar-refractivity contribution in [3.8, 4) is 5.75 Å². The lowest BCUT2D eigenvalue weighted by atomic mass is 10.1. The number of aromatic nitrogens is 1. The number of hydrogen-bond donors (Lipinski definition) is 1. The summed E-state index contributed by atoms with van der Waals surface area (Å²) in [4.78, 5) is 27.8. The van der Waals surface area contributed by atoms with E-state index >= 15 is 0 Å². The van der Waals surface area contributed by atoms with Crippen LogP contribution in [0.5, 0.6) is 5.75 Å². The molecule has 2 aromatic rings. The highest BCUT2D eigenvalue weighted by Gasteiger charge is 2.26. The molecule has 1 heterocycles. The summed E-state index contributed by atoms with van der Waals surface area (Å²) in [6.45, 7) is 9.02. The molecule has 0 radical (unpaired) electrons. The van der Waals surface area contributed by atoms with Crippen LogP contribution in [0.15, 0.2) is 18.2 Å². The Morgan fingerprint density at radius 2 is 1.92 bits per heavy atom. The number of aryl methyl sites for hydroxylation is 2. The SMILES string of the molecule is CCOC(=O)c1c(C)[nH]c(C(=O)[C@@H](C)Oc2ccc(Cl)c(C)c2)c1C. The first-order chi connectivity index (χ1) is 11.8. The van der Waals surface area contributed by atoms with E-state index in [1.54, 1.807) is 45.9 Å². The maximum Gasteiger partial charge on any atom is 0.340 e. The molecule has 1 aromatic carbocycles. The van der Waals surface area contributed by atoms with Gasteiger partial charge in [-0.25, -0.2) is 4.79 Å². The molecule has 0 aliphatic heterocycles. The topological polar surface area (TPSA) is 68.4 Å². The number of carbonyl (C=O) groups is 2. The first-order valence-electron chi connectivity index (χ1n) is 8.09. The highest BCUT2D eigenvalue weighted by molar-refractivity contribution is 6.31. The summed E-state index contributed by atoms with van der Waals surface area (Å²) in [5.41, 5.74) is 2.81. The van der Waals surface area contributed by atoms with Crippen LogP contribution >= 0.6 is 11.6 Å². The Bertz CT molecular complexity index is 810. The van der Waals surface area contributed by atoms with Gasteiger partial charge in [-0.15, -0.1) is 0 Å². The largest absolute Gasteiger partial charge is 0.482 e. The Labute approximate surface area is 152 Å². The van der Waals surface area contributed by atoms with Crippen LogP contribution in [0.3, 0.4) is 0 Å². The van der Waals surface area contributed by atoms with Crippen LogP contribution in [0.25, 0.3) is 0 Å². The number of ether oxygens (including phenoxy) is 2. The zero-order chi connectivity index (χ0) is 18.7. The number of H-pyrrole nitrogens is 1. The van der Waals surface area contributed by atoms with Gasteiger partial charge >= 0.3 is 5.97 Å². The number of ketones is 1. The van der Waals surface area contributed by atoms with E-state index in [2.05, 4.69) is 4.98 Å². The van der Waals surface area contributed by atoms with Gasteiger partial charge in [-0.05, 0) is 63.9 Å². The average molecular weight is 364 g/mol. The van der Waals surface area contributed by atoms with Gasteiger partial charge < -0.3 is 14.5 Å². The number of benzene rings is 1. The molecule has 2 rings (SSSR count). The average Bonchev–Trinajstić information content (AvgIpc) is 2.85. The lowest BCUT2D eigenvalue weighted by Gasteiger charge is -2.14. The zero-order valence-electron chi connectivity index (χ0n) is 15.0. The minimum atomic E-state index is -0.715. The summed E-state index contributed by atoms with van der Waals surface area (Å²) >= 11 is 6.00. The van der Waals surface area contributed by atoms with Crippen LogP contribution < -0.4 is 4.74 Å². The van der Waals surface area contributed by atoms with Crippen molar-refractivity contribution in [1.29, 1.82) is 0 Å². The fourth-order valence-corrected chi connectivity index (χ4v) is 2.77. The molecule has 0 fully saturated rings. The van der Waals surface area contributed by atoms with Crippen molar-refractivity contribution in [3.05, 3.63) is 51.3 Å². The monoisotopic (exact) mass is 363 g/mol. The smallest absolute Gasteiger partial charge is 0.340 e. The van der Waals surface area contributed by atoms with E-state index in [1.807, 2.05) is 6.92 Å². The van der Waals surface area contributed by atoms with Crippen LogP contribution in [-0.2, 0) is 4.74 Å². The van der Waals surface area contributed by atoms with Crippen molar-refractivity contribution in [2.24, 2.45) is 0 Å². The van der Waals surface area contributed by atoms with E-state index in [9.17, 15) is 9.59 Å². The van der Waals surface area contributed by atoms with Gasteiger partial charge in [-0.2, -0.15) is 0 Å². The van der Waals surface area contributed by atoms with E-state index in [1.165, 1.54) is 0 Å². The number of esters is 1. The Balaban J connectivity index is 2.23. The maximum atomic E-state index is 12.7. The predicted octanol–water partition coefficient (Wildman–Crippen LogP) is 4.42. The van der Waals surface area contributed by atoms with E-state index in [-0.39, 0.29) is 12.4 Å². The molecule has 0 aliphatic carbocycles. The second kappa shape index (κ2) is 7.74. The molecule has 134 valence electrons. The zero-order valence-corrected chi connectivity index (χ0v) is 15.8. The third-order valence-corrected chi connectivity index (χ3v) is 4.40. The predicted molar refractivity (Wildman–Crippen MR) is 96.8 cm³/mol. The molecule has 0 aliphatic rings. The van der Waals surface area contributed by atoms with Gasteiger partial charge in [0.25, 0.3) is 0 Å². The molecule has 0 saturated carbocycles. The maximum absolute atomic E-state index is 12.7. The van der Waals surface area contributed by atoms with E-state index in [0.717, 1.165) is 5.56 Å². The molecule has 0 saturated heterocycles. The van der Waals surface area contributed by atoms with E-state index < -0.39 is 12.1 Å². The summed E-state index contributed by atoms with van der Waals surface area (Å²) in [5, 5.41) is 0.640. The van der Waals surface area contributed by atoms with Crippen LogP contribution in [0, 0.1) is 20.8 Å². The number of hydrogen-bond acceptors (Lipinski definition) is 4. The highest BCUT2D eigenvalue weighted by Crippen LogP contribution is 2.24. The third kappa shape index (κ3) is 4.04. The number of halogens is 1. The third-order valence-electron chi connectivity index (χ3n) is 3.97. The number of Topliss-reactive ketones (excluding diaryl/α,β-unsaturated/α-hetero) is 1. The summed E-state index contributed by atoms with van der Waals surface area (Å²) in [6, 6.07) is 5.23. The van der Waals surface area contributed by atoms with E-state index in [0.29, 0.717) is 33.3 Å². The van der Waals surface area contributed by atoms with Crippen molar-refractivity contribution in [2.75, 3.05) is 6.61 Å². The number of aromatic amines is 1. The normalized spacial score (nSPS) is 11.9. The van der Waals surface area contributed by atoms with Gasteiger partial charge in [-0.3, -0.25) is 4.79 Å². The molecule has 0 spiro atoms. The van der Waals surface area contributed by atoms with Crippen molar-refractivity contribution >= 4 is 23.4 Å². The Kier molecular flexibility index (Phi) is 5.90. The molecular weight excluding hydrogens is 342 g/mol. The summed E-state index contributed by atoms with van der Waals surface area (Å²) in [5.74, 6) is -0.104. The first-order valence-corrected chi connectivity index (χ1v) is 8.47. The fourth-order valence-electron chi connectivity index (χ4n) is 2.66. The van der Waals surface area contributed by atoms with Gasteiger partial charge in [0.05, 0.1) is 17.9 Å². The van der Waals surface area contributed by atoms with Crippen LogP contribution in [0.2, 0.25) is 5.02 Å². The molecule has 1 aromatic heterocycles. The minimum absolute atomic E-state index is 0.233. The Morgan fingerprint density at radius 1 is 1.24 bits per heavy atom. The number of rotatable bonds is 6. The van der Waals surface area contributed by atoms with Gasteiger partial charge in [0.2, 0.25) is 5.78 Å². The molecule has 0 amide bonds. The Hall–Kier alpha value is -2.27. The summed E-state index contributed by atoms with van der Waals surface area (Å²) < 4.78 is 10.8. The Morgan fingerprint density at radius 3 is 2.52 bits per heavy atom. The lowest BCUT2D eigenvalue weighted by Crippen LogP contribution is -2.25. The van der Waals surface area contributed by atoms with Crippen LogP contribution in [0.4, 0.5) is 0 Å². The second-order valence-electron chi connectivity index (χ2n) is 5.88. The number of carbonyl (C=O) groups excluding carboxylic acids is 2. The highest BCUT2D eigenvalue weighted by atomic mass is 35.5. The van der Waals surface area contributed by atoms with Crippen molar-refractivity contribution in [3.63, 3.8) is 0 Å². The second-order valence-corrected chi connectivity index (χ2v) is 6.29. The molecule has 6 heteroatoms. The van der Waals surface area contributed by atoms with Crippen LogP contribution in [0.1, 0.15) is 51.5 Å². The summed E-state index contributed by atoms with van der Waals surface area (Å²) in [7, 11) is 0. The van der Waals surface area contributed by atoms with Crippen LogP contribution in [-0.4, -0.2) is 29.4 Å². The van der Waals surface area contributed by atoms with E-state index in [4.69, 9.17) is 21.1 Å². The van der Waals surface area contributed by atoms with Gasteiger partial charge in [0.1, 0.15) is 5.75 Å². The molecule has 1 atom stereocenters.